The number of nitrogens with one attached hydrogen (secondary N) is 2. The molecule has 0 aliphatic rings. The van der Waals surface area contributed by atoms with E-state index >= 15 is 0 Å². The van der Waals surface area contributed by atoms with Gasteiger partial charge in [0.25, 0.3) is 0 Å². The van der Waals surface area contributed by atoms with Gasteiger partial charge in [-0.2, -0.15) is 0 Å². The topological polar surface area (TPSA) is 68.3 Å². The third-order valence-corrected chi connectivity index (χ3v) is 5.07. The van der Waals surface area contributed by atoms with Gasteiger partial charge >= 0.3 is 0 Å². The number of aromatic nitrogens is 2. The second-order valence-corrected chi connectivity index (χ2v) is 6.83. The smallest absolute Gasteiger partial charge is 0.162 e. The minimum absolute atomic E-state index is 0.136. The highest BCUT2D eigenvalue weighted by molar-refractivity contribution is 5.93. The SMILES string of the molecule is CNC(c1ccccc1)c1ccc(Nc2ncnc3cc(OC)c(OC)cc23)cc1. The van der Waals surface area contributed by atoms with Crippen molar-refractivity contribution >= 4 is 22.4 Å². The predicted octanol–water partition coefficient (Wildman–Crippen LogP) is 4.70. The van der Waals surface area contributed by atoms with Crippen molar-refractivity contribution in [3.05, 3.63) is 84.2 Å². The van der Waals surface area contributed by atoms with E-state index in [0.717, 1.165) is 16.6 Å². The lowest BCUT2D eigenvalue weighted by Gasteiger charge is -2.18. The van der Waals surface area contributed by atoms with Crippen molar-refractivity contribution in [1.29, 1.82) is 0 Å². The molecule has 0 saturated heterocycles. The molecule has 3 aromatic carbocycles. The van der Waals surface area contributed by atoms with Gasteiger partial charge in [-0.1, -0.05) is 42.5 Å². The van der Waals surface area contributed by atoms with E-state index in [1.54, 1.807) is 14.2 Å². The van der Waals surface area contributed by atoms with Gasteiger partial charge < -0.3 is 20.1 Å². The molecule has 30 heavy (non-hydrogen) atoms. The number of hydrogen-bond acceptors (Lipinski definition) is 6. The molecule has 1 unspecified atom stereocenters. The molecule has 0 fully saturated rings. The number of methoxy groups -OCH3 is 2. The standard InChI is InChI=1S/C24H24N4O2/c1-25-23(16-7-5-4-6-8-16)17-9-11-18(12-10-17)28-24-19-13-21(29-2)22(30-3)14-20(19)26-15-27-24/h4-15,23,25H,1-3H3,(H,26,27,28). The highest BCUT2D eigenvalue weighted by Crippen LogP contribution is 2.34. The second-order valence-electron chi connectivity index (χ2n) is 6.83. The Bertz CT molecular complexity index is 1130. The molecule has 0 aliphatic heterocycles. The van der Waals surface area contributed by atoms with Crippen LogP contribution < -0.4 is 20.1 Å². The molecule has 1 heterocycles. The van der Waals surface area contributed by atoms with Gasteiger partial charge in [0.2, 0.25) is 0 Å². The van der Waals surface area contributed by atoms with Crippen LogP contribution in [-0.2, 0) is 0 Å². The predicted molar refractivity (Wildman–Crippen MR) is 120 cm³/mol. The van der Waals surface area contributed by atoms with Gasteiger partial charge in [0.05, 0.1) is 25.8 Å². The Morgan fingerprint density at radius 3 is 2.13 bits per heavy atom. The van der Waals surface area contributed by atoms with E-state index in [1.807, 2.05) is 25.2 Å². The Morgan fingerprint density at radius 2 is 1.47 bits per heavy atom. The Balaban J connectivity index is 1.63. The molecule has 152 valence electrons. The summed E-state index contributed by atoms with van der Waals surface area (Å²) < 4.78 is 10.8. The van der Waals surface area contributed by atoms with Crippen molar-refractivity contribution in [2.24, 2.45) is 0 Å². The van der Waals surface area contributed by atoms with Crippen LogP contribution in [0.3, 0.4) is 0 Å². The largest absolute Gasteiger partial charge is 0.493 e. The number of rotatable bonds is 7. The summed E-state index contributed by atoms with van der Waals surface area (Å²) >= 11 is 0. The molecule has 1 atom stereocenters. The maximum Gasteiger partial charge on any atom is 0.162 e. The molecule has 1 aromatic heterocycles. The van der Waals surface area contributed by atoms with Crippen LogP contribution in [-0.4, -0.2) is 31.2 Å². The van der Waals surface area contributed by atoms with Crippen LogP contribution in [0.1, 0.15) is 17.2 Å². The van der Waals surface area contributed by atoms with E-state index in [2.05, 4.69) is 69.1 Å². The van der Waals surface area contributed by atoms with Crippen molar-refractivity contribution in [2.45, 2.75) is 6.04 Å². The molecule has 0 radical (unpaired) electrons. The molecule has 4 rings (SSSR count). The molecule has 0 bridgehead atoms. The summed E-state index contributed by atoms with van der Waals surface area (Å²) in [5.74, 6) is 1.98. The van der Waals surface area contributed by atoms with Gasteiger partial charge in [0.15, 0.2) is 11.5 Å². The molecule has 6 nitrogen and oxygen atoms in total. The lowest BCUT2D eigenvalue weighted by Crippen LogP contribution is -2.17. The number of nitrogens with zero attached hydrogens (tertiary/aromatic N) is 2. The molecular weight excluding hydrogens is 376 g/mol. The maximum atomic E-state index is 5.43. The normalized spacial score (nSPS) is 11.8. The van der Waals surface area contributed by atoms with Crippen molar-refractivity contribution in [3.8, 4) is 11.5 Å². The van der Waals surface area contributed by atoms with Crippen molar-refractivity contribution in [1.82, 2.24) is 15.3 Å². The molecule has 0 aliphatic carbocycles. The minimum atomic E-state index is 0.136. The lowest BCUT2D eigenvalue weighted by molar-refractivity contribution is 0.356. The summed E-state index contributed by atoms with van der Waals surface area (Å²) in [7, 11) is 5.20. The zero-order valence-electron chi connectivity index (χ0n) is 17.2. The average Bonchev–Trinajstić information content (AvgIpc) is 2.80. The molecule has 4 aromatic rings. The Morgan fingerprint density at radius 1 is 0.800 bits per heavy atom. The van der Waals surface area contributed by atoms with E-state index < -0.39 is 0 Å². The van der Waals surface area contributed by atoms with Crippen molar-refractivity contribution < 1.29 is 9.47 Å². The van der Waals surface area contributed by atoms with E-state index in [-0.39, 0.29) is 6.04 Å². The van der Waals surface area contributed by atoms with E-state index in [1.165, 1.54) is 17.5 Å². The van der Waals surface area contributed by atoms with Gasteiger partial charge in [-0.05, 0) is 36.4 Å². The summed E-state index contributed by atoms with van der Waals surface area (Å²) in [4.78, 5) is 8.78. The van der Waals surface area contributed by atoms with Gasteiger partial charge in [-0.3, -0.25) is 0 Å². The highest BCUT2D eigenvalue weighted by atomic mass is 16.5. The van der Waals surface area contributed by atoms with Crippen LogP contribution in [0.4, 0.5) is 11.5 Å². The molecule has 6 heteroatoms. The number of ether oxygens (including phenoxy) is 2. The molecule has 0 spiro atoms. The van der Waals surface area contributed by atoms with Crippen molar-refractivity contribution in [3.63, 3.8) is 0 Å². The van der Waals surface area contributed by atoms with Crippen LogP contribution in [0.25, 0.3) is 10.9 Å². The fraction of sp³-hybridized carbons (Fsp3) is 0.167. The van der Waals surface area contributed by atoms with Crippen LogP contribution in [0.15, 0.2) is 73.1 Å². The van der Waals surface area contributed by atoms with Gasteiger partial charge in [0.1, 0.15) is 12.1 Å². The fourth-order valence-corrected chi connectivity index (χ4v) is 3.55. The average molecular weight is 400 g/mol. The van der Waals surface area contributed by atoms with E-state index in [9.17, 15) is 0 Å². The summed E-state index contributed by atoms with van der Waals surface area (Å²) in [6.07, 6.45) is 1.54. The quantitative estimate of drug-likeness (QED) is 0.469. The Hall–Kier alpha value is -3.64. The number of anilines is 2. The lowest BCUT2D eigenvalue weighted by atomic mass is 9.99. The monoisotopic (exact) mass is 400 g/mol. The Kier molecular flexibility index (Phi) is 5.77. The molecule has 2 N–H and O–H groups in total. The second kappa shape index (κ2) is 8.80. The summed E-state index contributed by atoms with van der Waals surface area (Å²) in [5.41, 5.74) is 4.13. The first-order valence-corrected chi connectivity index (χ1v) is 9.69. The zero-order valence-corrected chi connectivity index (χ0v) is 17.2. The molecule has 0 saturated carbocycles. The van der Waals surface area contributed by atoms with Crippen LogP contribution in [0, 0.1) is 0 Å². The van der Waals surface area contributed by atoms with Gasteiger partial charge in [-0.25, -0.2) is 9.97 Å². The minimum Gasteiger partial charge on any atom is -0.493 e. The van der Waals surface area contributed by atoms with Crippen molar-refractivity contribution in [2.75, 3.05) is 26.6 Å². The summed E-state index contributed by atoms with van der Waals surface area (Å²) in [6.45, 7) is 0. The first-order chi connectivity index (χ1) is 14.7. The number of fused-ring (bicyclic) bond motifs is 1. The van der Waals surface area contributed by atoms with Crippen LogP contribution in [0.2, 0.25) is 0 Å². The third kappa shape index (κ3) is 3.90. The third-order valence-electron chi connectivity index (χ3n) is 5.07. The van der Waals surface area contributed by atoms with Crippen LogP contribution in [0.5, 0.6) is 11.5 Å². The first kappa shape index (κ1) is 19.7. The van der Waals surface area contributed by atoms with Crippen LogP contribution >= 0.6 is 0 Å². The van der Waals surface area contributed by atoms with Gasteiger partial charge in [-0.15, -0.1) is 0 Å². The molecule has 0 amide bonds. The Labute approximate surface area is 175 Å². The first-order valence-electron chi connectivity index (χ1n) is 9.69. The number of benzene rings is 3. The molecular formula is C24H24N4O2. The summed E-state index contributed by atoms with van der Waals surface area (Å²) in [6, 6.07) is 22.6. The maximum absolute atomic E-state index is 5.43. The summed E-state index contributed by atoms with van der Waals surface area (Å²) in [5, 5.41) is 7.63. The number of hydrogen-bond donors (Lipinski definition) is 2. The highest BCUT2D eigenvalue weighted by Gasteiger charge is 2.13. The fourth-order valence-electron chi connectivity index (χ4n) is 3.55. The van der Waals surface area contributed by atoms with E-state index in [0.29, 0.717) is 17.3 Å². The van der Waals surface area contributed by atoms with E-state index in [4.69, 9.17) is 9.47 Å². The zero-order chi connectivity index (χ0) is 20.9. The van der Waals surface area contributed by atoms with Gasteiger partial charge in [0, 0.05) is 17.1 Å².